The number of aromatic nitrogens is 1. The summed E-state index contributed by atoms with van der Waals surface area (Å²) in [6.45, 7) is 2.25. The first-order chi connectivity index (χ1) is 11.8. The number of nitrogens with one attached hydrogen (secondary N) is 1. The van der Waals surface area contributed by atoms with Crippen molar-refractivity contribution in [3.05, 3.63) is 60.2 Å². The molecule has 1 aliphatic heterocycles. The first-order valence-electron chi connectivity index (χ1n) is 8.03. The molecule has 1 saturated heterocycles. The highest BCUT2D eigenvalue weighted by Crippen LogP contribution is 2.22. The number of piperazine rings is 1. The Balaban J connectivity index is 0.00000225. The number of hydrogen-bond acceptors (Lipinski definition) is 4. The Hall–Kier alpha value is -2.18. The number of nitrogens with zero attached hydrogens (tertiary/aromatic N) is 2. The van der Waals surface area contributed by atoms with Crippen molar-refractivity contribution in [2.24, 2.45) is 0 Å². The fraction of sp³-hybridized carbons (Fsp3) is 0.333. The molecule has 1 aromatic heterocycles. The van der Waals surface area contributed by atoms with Crippen LogP contribution < -0.4 is 10.1 Å². The molecule has 25 heavy (non-hydrogen) atoms. The van der Waals surface area contributed by atoms with Crippen molar-refractivity contribution in [2.75, 3.05) is 26.2 Å². The number of carbonyl (C=O) groups excluding carboxylic acids is 1. The van der Waals surface area contributed by atoms with E-state index in [0.29, 0.717) is 13.1 Å². The van der Waals surface area contributed by atoms with Crippen molar-refractivity contribution >= 4 is 18.3 Å². The van der Waals surface area contributed by atoms with Gasteiger partial charge in [-0.2, -0.15) is 0 Å². The SMILES string of the molecule is Cl.O=C(CCOc1ccccc1F)N1CCNCC1c1cccnc1. The van der Waals surface area contributed by atoms with Crippen LogP contribution in [0, 0.1) is 5.82 Å². The van der Waals surface area contributed by atoms with E-state index in [9.17, 15) is 9.18 Å². The van der Waals surface area contributed by atoms with Crippen LogP contribution in [0.5, 0.6) is 5.75 Å². The number of benzene rings is 1. The molecule has 1 aliphatic rings. The second kappa shape index (κ2) is 9.34. The Kier molecular flexibility index (Phi) is 7.16. The van der Waals surface area contributed by atoms with E-state index in [1.165, 1.54) is 6.07 Å². The lowest BCUT2D eigenvalue weighted by molar-refractivity contribution is -0.135. The number of carbonyl (C=O) groups is 1. The molecule has 1 unspecified atom stereocenters. The number of hydrogen-bond donors (Lipinski definition) is 1. The minimum Gasteiger partial charge on any atom is -0.490 e. The fourth-order valence-corrected chi connectivity index (χ4v) is 2.83. The van der Waals surface area contributed by atoms with Crippen molar-refractivity contribution in [1.29, 1.82) is 0 Å². The average Bonchev–Trinajstić information content (AvgIpc) is 2.64. The van der Waals surface area contributed by atoms with Crippen LogP contribution in [0.25, 0.3) is 0 Å². The van der Waals surface area contributed by atoms with Crippen molar-refractivity contribution in [2.45, 2.75) is 12.5 Å². The molecular formula is C18H21ClFN3O2. The first-order valence-corrected chi connectivity index (χ1v) is 8.03. The average molecular weight is 366 g/mol. The van der Waals surface area contributed by atoms with Crippen LogP contribution in [0.3, 0.4) is 0 Å². The minimum atomic E-state index is -0.416. The normalized spacial score (nSPS) is 16.8. The molecule has 3 rings (SSSR count). The summed E-state index contributed by atoms with van der Waals surface area (Å²) in [5.74, 6) is -0.239. The Morgan fingerprint density at radius 1 is 1.32 bits per heavy atom. The zero-order valence-corrected chi connectivity index (χ0v) is 14.5. The molecule has 2 heterocycles. The van der Waals surface area contributed by atoms with Crippen LogP contribution in [0.4, 0.5) is 4.39 Å². The van der Waals surface area contributed by atoms with Gasteiger partial charge >= 0.3 is 0 Å². The lowest BCUT2D eigenvalue weighted by atomic mass is 10.0. The van der Waals surface area contributed by atoms with E-state index in [-0.39, 0.29) is 43.1 Å². The fourth-order valence-electron chi connectivity index (χ4n) is 2.83. The summed E-state index contributed by atoms with van der Waals surface area (Å²) in [6.07, 6.45) is 3.72. The molecule has 1 atom stereocenters. The van der Waals surface area contributed by atoms with Gasteiger partial charge in [0.1, 0.15) is 0 Å². The smallest absolute Gasteiger partial charge is 0.226 e. The first kappa shape index (κ1) is 19.1. The number of rotatable bonds is 5. The number of halogens is 2. The maximum absolute atomic E-state index is 13.5. The van der Waals surface area contributed by atoms with Gasteiger partial charge in [-0.15, -0.1) is 12.4 Å². The zero-order chi connectivity index (χ0) is 16.8. The maximum Gasteiger partial charge on any atom is 0.226 e. The van der Waals surface area contributed by atoms with Gasteiger partial charge in [0.05, 0.1) is 19.1 Å². The van der Waals surface area contributed by atoms with Crippen LogP contribution in [0.2, 0.25) is 0 Å². The highest BCUT2D eigenvalue weighted by atomic mass is 35.5. The summed E-state index contributed by atoms with van der Waals surface area (Å²) in [6, 6.07) is 10.0. The van der Waals surface area contributed by atoms with Crippen molar-refractivity contribution in [1.82, 2.24) is 15.2 Å². The van der Waals surface area contributed by atoms with E-state index in [2.05, 4.69) is 10.3 Å². The summed E-state index contributed by atoms with van der Waals surface area (Å²) >= 11 is 0. The molecule has 1 aromatic carbocycles. The number of ether oxygens (including phenoxy) is 1. The molecule has 0 radical (unpaired) electrons. The van der Waals surface area contributed by atoms with E-state index in [4.69, 9.17) is 4.74 Å². The predicted octanol–water partition coefficient (Wildman–Crippen LogP) is 2.58. The lowest BCUT2D eigenvalue weighted by Crippen LogP contribution is -2.49. The number of amides is 1. The molecular weight excluding hydrogens is 345 g/mol. The summed E-state index contributed by atoms with van der Waals surface area (Å²) in [5, 5.41) is 3.31. The van der Waals surface area contributed by atoms with E-state index in [1.54, 1.807) is 30.6 Å². The molecule has 0 aliphatic carbocycles. The Morgan fingerprint density at radius 3 is 2.92 bits per heavy atom. The van der Waals surface area contributed by atoms with Gasteiger partial charge in [0, 0.05) is 32.0 Å². The monoisotopic (exact) mass is 365 g/mol. The highest BCUT2D eigenvalue weighted by Gasteiger charge is 2.27. The molecule has 5 nitrogen and oxygen atoms in total. The van der Waals surface area contributed by atoms with E-state index in [1.807, 2.05) is 17.0 Å². The maximum atomic E-state index is 13.5. The molecule has 7 heteroatoms. The van der Waals surface area contributed by atoms with Crippen molar-refractivity contribution in [3.8, 4) is 5.75 Å². The molecule has 134 valence electrons. The second-order valence-electron chi connectivity index (χ2n) is 5.62. The van der Waals surface area contributed by atoms with E-state index >= 15 is 0 Å². The van der Waals surface area contributed by atoms with Gasteiger partial charge in [0.25, 0.3) is 0 Å². The molecule has 0 bridgehead atoms. The zero-order valence-electron chi connectivity index (χ0n) is 13.7. The van der Waals surface area contributed by atoms with Crippen LogP contribution in [-0.2, 0) is 4.79 Å². The Morgan fingerprint density at radius 2 is 2.16 bits per heavy atom. The van der Waals surface area contributed by atoms with Gasteiger partial charge in [0.2, 0.25) is 5.91 Å². The molecule has 1 fully saturated rings. The predicted molar refractivity (Wildman–Crippen MR) is 95.3 cm³/mol. The highest BCUT2D eigenvalue weighted by molar-refractivity contribution is 5.85. The summed E-state index contributed by atoms with van der Waals surface area (Å²) in [4.78, 5) is 18.5. The molecule has 1 N–H and O–H groups in total. The van der Waals surface area contributed by atoms with Crippen LogP contribution in [0.1, 0.15) is 18.0 Å². The summed E-state index contributed by atoms with van der Waals surface area (Å²) in [7, 11) is 0. The lowest BCUT2D eigenvalue weighted by Gasteiger charge is -2.36. The van der Waals surface area contributed by atoms with Crippen LogP contribution in [0.15, 0.2) is 48.8 Å². The Labute approximate surface area is 152 Å². The largest absolute Gasteiger partial charge is 0.490 e. The molecule has 1 amide bonds. The number of pyridine rings is 1. The van der Waals surface area contributed by atoms with Gasteiger partial charge in [-0.1, -0.05) is 18.2 Å². The van der Waals surface area contributed by atoms with Gasteiger partial charge in [-0.3, -0.25) is 9.78 Å². The second-order valence-corrected chi connectivity index (χ2v) is 5.62. The van der Waals surface area contributed by atoms with Crippen molar-refractivity contribution < 1.29 is 13.9 Å². The van der Waals surface area contributed by atoms with Gasteiger partial charge < -0.3 is 15.0 Å². The molecule has 0 saturated carbocycles. The third-order valence-electron chi connectivity index (χ3n) is 4.04. The quantitative estimate of drug-likeness (QED) is 0.884. The summed E-state index contributed by atoms with van der Waals surface area (Å²) < 4.78 is 18.9. The van der Waals surface area contributed by atoms with E-state index in [0.717, 1.165) is 12.1 Å². The molecule has 0 spiro atoms. The van der Waals surface area contributed by atoms with Gasteiger partial charge in [0.15, 0.2) is 11.6 Å². The third kappa shape index (κ3) is 4.90. The topological polar surface area (TPSA) is 54.5 Å². The molecule has 2 aromatic rings. The van der Waals surface area contributed by atoms with Gasteiger partial charge in [-0.05, 0) is 23.8 Å². The van der Waals surface area contributed by atoms with Gasteiger partial charge in [-0.25, -0.2) is 4.39 Å². The van der Waals surface area contributed by atoms with Crippen LogP contribution in [-0.4, -0.2) is 42.0 Å². The minimum absolute atomic E-state index is 0. The summed E-state index contributed by atoms with van der Waals surface area (Å²) in [5.41, 5.74) is 1.01. The Bertz CT molecular complexity index is 687. The third-order valence-corrected chi connectivity index (χ3v) is 4.04. The number of para-hydroxylation sites is 1. The van der Waals surface area contributed by atoms with Crippen molar-refractivity contribution in [3.63, 3.8) is 0 Å². The van der Waals surface area contributed by atoms with E-state index < -0.39 is 5.82 Å². The standard InChI is InChI=1S/C18H20FN3O2.ClH/c19-15-5-1-2-6-17(15)24-11-7-18(23)22-10-9-21-13-16(22)14-4-3-8-20-12-14;/h1-6,8,12,16,21H,7,9-11,13H2;1H. The van der Waals surface area contributed by atoms with Crippen LogP contribution >= 0.6 is 12.4 Å².